The van der Waals surface area contributed by atoms with Gasteiger partial charge in [-0.05, 0) is 35.4 Å². The third-order valence-electron chi connectivity index (χ3n) is 4.35. The molecule has 24 heavy (non-hydrogen) atoms. The highest BCUT2D eigenvalue weighted by atomic mass is 32.2. The standard InChI is InChI=1S/C20H21NO2S/c1-3-21(16(2)17-9-5-4-6-10-17)24(22,23)20-14-13-18-11-7-8-12-19(18)15-20/h4-16H,3H2,1-2H3/t16-/m0/s1. The summed E-state index contributed by atoms with van der Waals surface area (Å²) in [5.41, 5.74) is 0.990. The highest BCUT2D eigenvalue weighted by Gasteiger charge is 2.28. The van der Waals surface area contributed by atoms with Crippen LogP contribution >= 0.6 is 0 Å². The average molecular weight is 339 g/mol. The van der Waals surface area contributed by atoms with Crippen molar-refractivity contribution in [3.05, 3.63) is 78.4 Å². The molecule has 0 saturated carbocycles. The third kappa shape index (κ3) is 3.07. The number of fused-ring (bicyclic) bond motifs is 1. The van der Waals surface area contributed by atoms with Crippen LogP contribution in [0.1, 0.15) is 25.5 Å². The SMILES string of the molecule is CCN([C@@H](C)c1ccccc1)S(=O)(=O)c1ccc2ccccc2c1. The van der Waals surface area contributed by atoms with Crippen LogP contribution in [0.25, 0.3) is 10.8 Å². The molecule has 4 heteroatoms. The molecule has 0 saturated heterocycles. The van der Waals surface area contributed by atoms with Crippen LogP contribution in [-0.4, -0.2) is 19.3 Å². The van der Waals surface area contributed by atoms with Gasteiger partial charge in [0.25, 0.3) is 0 Å². The minimum atomic E-state index is -3.56. The second-order valence-electron chi connectivity index (χ2n) is 5.80. The molecule has 3 aromatic rings. The molecule has 3 rings (SSSR count). The van der Waals surface area contributed by atoms with Gasteiger partial charge in [-0.15, -0.1) is 0 Å². The van der Waals surface area contributed by atoms with E-state index in [0.29, 0.717) is 11.4 Å². The first-order valence-corrected chi connectivity index (χ1v) is 9.53. The first-order chi connectivity index (χ1) is 11.5. The van der Waals surface area contributed by atoms with Crippen molar-refractivity contribution in [1.29, 1.82) is 0 Å². The fourth-order valence-corrected chi connectivity index (χ4v) is 4.68. The summed E-state index contributed by atoms with van der Waals surface area (Å²) >= 11 is 0. The second-order valence-corrected chi connectivity index (χ2v) is 7.69. The molecule has 0 heterocycles. The van der Waals surface area contributed by atoms with Crippen molar-refractivity contribution >= 4 is 20.8 Å². The van der Waals surface area contributed by atoms with Crippen molar-refractivity contribution in [3.63, 3.8) is 0 Å². The summed E-state index contributed by atoms with van der Waals surface area (Å²) in [5.74, 6) is 0. The number of benzene rings is 3. The Kier molecular flexibility index (Phi) is 4.69. The van der Waals surface area contributed by atoms with Crippen LogP contribution in [0, 0.1) is 0 Å². The molecule has 0 aliphatic heterocycles. The lowest BCUT2D eigenvalue weighted by molar-refractivity contribution is 0.357. The van der Waals surface area contributed by atoms with Crippen molar-refractivity contribution in [3.8, 4) is 0 Å². The number of nitrogens with zero attached hydrogens (tertiary/aromatic N) is 1. The van der Waals surface area contributed by atoms with Crippen LogP contribution in [0.2, 0.25) is 0 Å². The van der Waals surface area contributed by atoms with Crippen molar-refractivity contribution in [1.82, 2.24) is 4.31 Å². The summed E-state index contributed by atoms with van der Waals surface area (Å²) in [6, 6.07) is 22.6. The summed E-state index contributed by atoms with van der Waals surface area (Å²) in [7, 11) is -3.56. The Bertz CT molecular complexity index is 936. The minimum absolute atomic E-state index is 0.215. The van der Waals surface area contributed by atoms with Crippen LogP contribution in [0.4, 0.5) is 0 Å². The van der Waals surface area contributed by atoms with E-state index in [4.69, 9.17) is 0 Å². The maximum absolute atomic E-state index is 13.1. The molecule has 0 radical (unpaired) electrons. The first kappa shape index (κ1) is 16.7. The van der Waals surface area contributed by atoms with Crippen molar-refractivity contribution < 1.29 is 8.42 Å². The summed E-state index contributed by atoms with van der Waals surface area (Å²) in [6.45, 7) is 4.22. The van der Waals surface area contributed by atoms with Gasteiger partial charge in [-0.1, -0.05) is 67.6 Å². The Hall–Kier alpha value is -2.17. The fraction of sp³-hybridized carbons (Fsp3) is 0.200. The van der Waals surface area contributed by atoms with Gasteiger partial charge in [0.05, 0.1) is 4.90 Å². The van der Waals surface area contributed by atoms with Gasteiger partial charge in [-0.3, -0.25) is 0 Å². The third-order valence-corrected chi connectivity index (χ3v) is 6.39. The van der Waals surface area contributed by atoms with E-state index >= 15 is 0 Å². The Morgan fingerprint density at radius 1 is 0.875 bits per heavy atom. The second kappa shape index (κ2) is 6.75. The maximum Gasteiger partial charge on any atom is 0.243 e. The van der Waals surface area contributed by atoms with Gasteiger partial charge in [-0.25, -0.2) is 8.42 Å². The maximum atomic E-state index is 13.1. The Morgan fingerprint density at radius 2 is 1.50 bits per heavy atom. The first-order valence-electron chi connectivity index (χ1n) is 8.09. The molecule has 0 bridgehead atoms. The van der Waals surface area contributed by atoms with Gasteiger partial charge in [0.2, 0.25) is 10.0 Å². The van der Waals surface area contributed by atoms with Crippen LogP contribution in [0.15, 0.2) is 77.7 Å². The molecule has 0 aromatic heterocycles. The van der Waals surface area contributed by atoms with Gasteiger partial charge in [0, 0.05) is 12.6 Å². The topological polar surface area (TPSA) is 37.4 Å². The van der Waals surface area contributed by atoms with E-state index in [1.165, 1.54) is 0 Å². The van der Waals surface area contributed by atoms with E-state index in [-0.39, 0.29) is 6.04 Å². The molecule has 1 atom stereocenters. The van der Waals surface area contributed by atoms with Gasteiger partial charge in [0.1, 0.15) is 0 Å². The van der Waals surface area contributed by atoms with E-state index in [9.17, 15) is 8.42 Å². The van der Waals surface area contributed by atoms with E-state index < -0.39 is 10.0 Å². The van der Waals surface area contributed by atoms with E-state index in [2.05, 4.69) is 0 Å². The summed E-state index contributed by atoms with van der Waals surface area (Å²) < 4.78 is 27.8. The molecule has 0 aliphatic rings. The molecule has 0 unspecified atom stereocenters. The monoisotopic (exact) mass is 339 g/mol. The smallest absolute Gasteiger partial charge is 0.207 e. The lowest BCUT2D eigenvalue weighted by Gasteiger charge is -2.27. The molecule has 3 aromatic carbocycles. The molecule has 0 fully saturated rings. The highest BCUT2D eigenvalue weighted by molar-refractivity contribution is 7.89. The molecule has 0 N–H and O–H groups in total. The number of hydrogen-bond donors (Lipinski definition) is 0. The zero-order valence-corrected chi connectivity index (χ0v) is 14.7. The fourth-order valence-electron chi connectivity index (χ4n) is 3.01. The number of rotatable bonds is 5. The van der Waals surface area contributed by atoms with Gasteiger partial charge < -0.3 is 0 Å². The zero-order valence-electron chi connectivity index (χ0n) is 13.9. The number of hydrogen-bond acceptors (Lipinski definition) is 2. The Labute approximate surface area is 143 Å². The summed E-state index contributed by atoms with van der Waals surface area (Å²) in [5, 5.41) is 1.97. The Balaban J connectivity index is 2.03. The molecule has 3 nitrogen and oxygen atoms in total. The Morgan fingerprint density at radius 3 is 2.17 bits per heavy atom. The van der Waals surface area contributed by atoms with Crippen molar-refractivity contribution in [2.75, 3.05) is 6.54 Å². The molecule has 124 valence electrons. The van der Waals surface area contributed by atoms with Crippen LogP contribution in [0.5, 0.6) is 0 Å². The molecule has 0 aliphatic carbocycles. The number of sulfonamides is 1. The van der Waals surface area contributed by atoms with Gasteiger partial charge in [-0.2, -0.15) is 4.31 Å². The summed E-state index contributed by atoms with van der Waals surface area (Å²) in [6.07, 6.45) is 0. The van der Waals surface area contributed by atoms with Crippen molar-refractivity contribution in [2.45, 2.75) is 24.8 Å². The predicted octanol–water partition coefficient (Wildman–Crippen LogP) is 4.61. The molecule has 0 amide bonds. The van der Waals surface area contributed by atoms with Crippen molar-refractivity contribution in [2.24, 2.45) is 0 Å². The quantitative estimate of drug-likeness (QED) is 0.680. The predicted molar refractivity (Wildman–Crippen MR) is 98.4 cm³/mol. The molecular formula is C20H21NO2S. The van der Waals surface area contributed by atoms with Gasteiger partial charge in [0.15, 0.2) is 0 Å². The zero-order chi connectivity index (χ0) is 17.2. The lowest BCUT2D eigenvalue weighted by atomic mass is 10.1. The van der Waals surface area contributed by atoms with Crippen LogP contribution in [0.3, 0.4) is 0 Å². The summed E-state index contributed by atoms with van der Waals surface area (Å²) in [4.78, 5) is 0.339. The normalized spacial score (nSPS) is 13.3. The molecule has 0 spiro atoms. The lowest BCUT2D eigenvalue weighted by Crippen LogP contribution is -2.33. The van der Waals surface area contributed by atoms with Gasteiger partial charge >= 0.3 is 0 Å². The molecular weight excluding hydrogens is 318 g/mol. The van der Waals surface area contributed by atoms with Crippen LogP contribution in [-0.2, 0) is 10.0 Å². The minimum Gasteiger partial charge on any atom is -0.207 e. The average Bonchev–Trinajstić information content (AvgIpc) is 2.62. The van der Waals surface area contributed by atoms with E-state index in [1.54, 1.807) is 16.4 Å². The largest absolute Gasteiger partial charge is 0.243 e. The van der Waals surface area contributed by atoms with E-state index in [1.807, 2.05) is 74.5 Å². The highest BCUT2D eigenvalue weighted by Crippen LogP contribution is 2.28. The van der Waals surface area contributed by atoms with E-state index in [0.717, 1.165) is 16.3 Å². The van der Waals surface area contributed by atoms with Crippen LogP contribution < -0.4 is 0 Å².